The maximum Gasteiger partial charge on any atom is 0.326 e. The fourth-order valence-corrected chi connectivity index (χ4v) is 1.85. The maximum atomic E-state index is 12.1. The zero-order chi connectivity index (χ0) is 15.3. The fourth-order valence-electron chi connectivity index (χ4n) is 1.85. The molecule has 0 bridgehead atoms. The number of carbonyl (C=O) groups is 2. The smallest absolute Gasteiger partial charge is 0.326 e. The summed E-state index contributed by atoms with van der Waals surface area (Å²) in [5, 5.41) is 11.7. The van der Waals surface area contributed by atoms with E-state index in [1.807, 2.05) is 6.07 Å². The number of nitrogens with one attached hydrogen (secondary N) is 1. The van der Waals surface area contributed by atoms with Gasteiger partial charge in [0.1, 0.15) is 11.8 Å². The minimum atomic E-state index is -1.02. The van der Waals surface area contributed by atoms with Crippen LogP contribution in [0.3, 0.4) is 0 Å². The molecule has 0 radical (unpaired) electrons. The standard InChI is InChI=1S/C15H21NO4/c1-9(2)13(15(18)19)16-14(17)10(3)11-6-5-7-12(8-11)20-4/h5-10,13H,1-4H3,(H,16,17)(H,18,19)/t10?,13-/m1/s1. The molecule has 0 saturated carbocycles. The van der Waals surface area contributed by atoms with Crippen LogP contribution in [0, 0.1) is 5.92 Å². The highest BCUT2D eigenvalue weighted by Crippen LogP contribution is 2.21. The number of carboxylic acid groups (broad SMARTS) is 1. The molecule has 5 nitrogen and oxygen atoms in total. The summed E-state index contributed by atoms with van der Waals surface area (Å²) < 4.78 is 5.12. The monoisotopic (exact) mass is 279 g/mol. The molecular weight excluding hydrogens is 258 g/mol. The van der Waals surface area contributed by atoms with Gasteiger partial charge in [0, 0.05) is 0 Å². The molecule has 5 heteroatoms. The summed E-state index contributed by atoms with van der Waals surface area (Å²) in [6, 6.07) is 6.31. The number of benzene rings is 1. The summed E-state index contributed by atoms with van der Waals surface area (Å²) >= 11 is 0. The van der Waals surface area contributed by atoms with Crippen molar-refractivity contribution < 1.29 is 19.4 Å². The van der Waals surface area contributed by atoms with Gasteiger partial charge in [-0.2, -0.15) is 0 Å². The van der Waals surface area contributed by atoms with Crippen molar-refractivity contribution in [1.82, 2.24) is 5.32 Å². The number of rotatable bonds is 6. The highest BCUT2D eigenvalue weighted by molar-refractivity contribution is 5.88. The van der Waals surface area contributed by atoms with Crippen LogP contribution in [0.2, 0.25) is 0 Å². The van der Waals surface area contributed by atoms with Crippen LogP contribution in [0.5, 0.6) is 5.75 Å². The first-order chi connectivity index (χ1) is 9.36. The summed E-state index contributed by atoms with van der Waals surface area (Å²) in [5.41, 5.74) is 0.787. The molecule has 20 heavy (non-hydrogen) atoms. The van der Waals surface area contributed by atoms with Crippen LogP contribution in [0.25, 0.3) is 0 Å². The molecule has 1 aromatic carbocycles. The molecule has 1 aromatic rings. The highest BCUT2D eigenvalue weighted by Gasteiger charge is 2.26. The second-order valence-electron chi connectivity index (χ2n) is 5.07. The van der Waals surface area contributed by atoms with Gasteiger partial charge in [-0.05, 0) is 30.5 Å². The molecule has 2 N–H and O–H groups in total. The van der Waals surface area contributed by atoms with Gasteiger partial charge in [-0.15, -0.1) is 0 Å². The number of hydrogen-bond acceptors (Lipinski definition) is 3. The Kier molecular flexibility index (Phi) is 5.55. The van der Waals surface area contributed by atoms with Crippen molar-refractivity contribution in [3.63, 3.8) is 0 Å². The van der Waals surface area contributed by atoms with Crippen molar-refractivity contribution in [2.24, 2.45) is 5.92 Å². The lowest BCUT2D eigenvalue weighted by molar-refractivity contribution is -0.143. The molecule has 0 aliphatic rings. The van der Waals surface area contributed by atoms with Crippen molar-refractivity contribution in [2.45, 2.75) is 32.7 Å². The predicted molar refractivity (Wildman–Crippen MR) is 75.8 cm³/mol. The van der Waals surface area contributed by atoms with E-state index < -0.39 is 17.9 Å². The lowest BCUT2D eigenvalue weighted by Gasteiger charge is -2.21. The third-order valence-corrected chi connectivity index (χ3v) is 3.22. The first-order valence-corrected chi connectivity index (χ1v) is 6.54. The van der Waals surface area contributed by atoms with Crippen LogP contribution in [0.1, 0.15) is 32.3 Å². The number of hydrogen-bond donors (Lipinski definition) is 2. The van der Waals surface area contributed by atoms with Crippen LogP contribution in [0.15, 0.2) is 24.3 Å². The number of ether oxygens (including phenoxy) is 1. The van der Waals surface area contributed by atoms with Gasteiger partial charge >= 0.3 is 5.97 Å². The summed E-state index contributed by atoms with van der Waals surface area (Å²) in [4.78, 5) is 23.2. The Hall–Kier alpha value is -2.04. The summed E-state index contributed by atoms with van der Waals surface area (Å²) in [6.07, 6.45) is 0. The molecule has 0 fully saturated rings. The van der Waals surface area contributed by atoms with E-state index in [2.05, 4.69) is 5.32 Å². The van der Waals surface area contributed by atoms with E-state index in [9.17, 15) is 9.59 Å². The third kappa shape index (κ3) is 3.98. The molecule has 2 atom stereocenters. The number of carboxylic acids is 1. The van der Waals surface area contributed by atoms with E-state index in [4.69, 9.17) is 9.84 Å². The van der Waals surface area contributed by atoms with Gasteiger partial charge in [-0.1, -0.05) is 26.0 Å². The van der Waals surface area contributed by atoms with Gasteiger partial charge in [0.25, 0.3) is 0 Å². The second kappa shape index (κ2) is 6.93. The van der Waals surface area contributed by atoms with Crippen molar-refractivity contribution >= 4 is 11.9 Å². The average Bonchev–Trinajstić information content (AvgIpc) is 2.42. The van der Waals surface area contributed by atoms with Gasteiger partial charge in [-0.25, -0.2) is 4.79 Å². The molecule has 110 valence electrons. The molecule has 0 spiro atoms. The zero-order valence-electron chi connectivity index (χ0n) is 12.2. The second-order valence-corrected chi connectivity index (χ2v) is 5.07. The van der Waals surface area contributed by atoms with Crippen molar-refractivity contribution in [2.75, 3.05) is 7.11 Å². The lowest BCUT2D eigenvalue weighted by atomic mass is 9.98. The van der Waals surface area contributed by atoms with E-state index in [0.29, 0.717) is 5.75 Å². The Morgan fingerprint density at radius 1 is 1.25 bits per heavy atom. The Labute approximate surface area is 118 Å². The van der Waals surface area contributed by atoms with Crippen LogP contribution < -0.4 is 10.1 Å². The Morgan fingerprint density at radius 3 is 2.40 bits per heavy atom. The van der Waals surface area contributed by atoms with Crippen molar-refractivity contribution in [1.29, 1.82) is 0 Å². The minimum Gasteiger partial charge on any atom is -0.497 e. The van der Waals surface area contributed by atoms with E-state index in [0.717, 1.165) is 5.56 Å². The van der Waals surface area contributed by atoms with E-state index in [1.54, 1.807) is 46.1 Å². The SMILES string of the molecule is COc1cccc(C(C)C(=O)N[C@@H](C(=O)O)C(C)C)c1. The molecule has 1 unspecified atom stereocenters. The first kappa shape index (κ1) is 16.0. The lowest BCUT2D eigenvalue weighted by Crippen LogP contribution is -2.45. The van der Waals surface area contributed by atoms with Gasteiger partial charge in [0.15, 0.2) is 0 Å². The van der Waals surface area contributed by atoms with Crippen molar-refractivity contribution in [3.8, 4) is 5.75 Å². The Balaban J connectivity index is 2.82. The largest absolute Gasteiger partial charge is 0.497 e. The molecular formula is C15H21NO4. The van der Waals surface area contributed by atoms with E-state index >= 15 is 0 Å². The molecule has 0 aliphatic carbocycles. The molecule has 0 saturated heterocycles. The van der Waals surface area contributed by atoms with Crippen LogP contribution in [-0.2, 0) is 9.59 Å². The number of carbonyl (C=O) groups excluding carboxylic acids is 1. The predicted octanol–water partition coefficient (Wildman–Crippen LogP) is 2.02. The number of methoxy groups -OCH3 is 1. The summed E-state index contributed by atoms with van der Waals surface area (Å²) in [6.45, 7) is 5.26. The van der Waals surface area contributed by atoms with Crippen LogP contribution >= 0.6 is 0 Å². The Bertz CT molecular complexity index is 485. The molecule has 0 aliphatic heterocycles. The topological polar surface area (TPSA) is 75.6 Å². The number of aliphatic carboxylic acids is 1. The normalized spacial score (nSPS) is 13.7. The van der Waals surface area contributed by atoms with Gasteiger partial charge < -0.3 is 15.2 Å². The third-order valence-electron chi connectivity index (χ3n) is 3.22. The molecule has 0 aromatic heterocycles. The molecule has 0 heterocycles. The molecule has 1 rings (SSSR count). The van der Waals surface area contributed by atoms with E-state index in [1.165, 1.54) is 0 Å². The maximum absolute atomic E-state index is 12.1. The van der Waals surface area contributed by atoms with Crippen molar-refractivity contribution in [3.05, 3.63) is 29.8 Å². The summed E-state index contributed by atoms with van der Waals surface area (Å²) in [5.74, 6) is -1.27. The summed E-state index contributed by atoms with van der Waals surface area (Å²) in [7, 11) is 1.56. The number of amides is 1. The molecule has 1 amide bonds. The fraction of sp³-hybridized carbons (Fsp3) is 0.467. The van der Waals surface area contributed by atoms with Gasteiger partial charge in [0.2, 0.25) is 5.91 Å². The highest BCUT2D eigenvalue weighted by atomic mass is 16.5. The van der Waals surface area contributed by atoms with Gasteiger partial charge in [-0.3, -0.25) is 4.79 Å². The first-order valence-electron chi connectivity index (χ1n) is 6.54. The Morgan fingerprint density at radius 2 is 1.90 bits per heavy atom. The zero-order valence-corrected chi connectivity index (χ0v) is 12.2. The van der Waals surface area contributed by atoms with Gasteiger partial charge in [0.05, 0.1) is 13.0 Å². The van der Waals surface area contributed by atoms with Crippen LogP contribution in [-0.4, -0.2) is 30.1 Å². The van der Waals surface area contributed by atoms with E-state index in [-0.39, 0.29) is 11.8 Å². The quantitative estimate of drug-likeness (QED) is 0.835. The average molecular weight is 279 g/mol. The minimum absolute atomic E-state index is 0.172. The van der Waals surface area contributed by atoms with Crippen LogP contribution in [0.4, 0.5) is 0 Å².